The van der Waals surface area contributed by atoms with Gasteiger partial charge in [0.25, 0.3) is 0 Å². The normalized spacial score (nSPS) is 28.9. The number of carbonyl (C=O) groups is 4. The standard InChI is InChI=1S/C20H21N3O6/c1-19(2,3)23-16(26)13-14(17(23)27)20(18(28)29,8-12(24)25)22-15(13)11-6-4-10(9-21)5-7-11/h4-7,13-15,22H,8H2,1-3H3,(H,24,25)(H,28,29). The number of imide groups is 1. The highest BCUT2D eigenvalue weighted by molar-refractivity contribution is 6.10. The van der Waals surface area contributed by atoms with Crippen molar-refractivity contribution in [3.8, 4) is 6.07 Å². The third kappa shape index (κ3) is 3.06. The molecule has 3 rings (SSSR count). The van der Waals surface area contributed by atoms with Crippen LogP contribution in [-0.4, -0.2) is 49.9 Å². The van der Waals surface area contributed by atoms with Crippen LogP contribution in [0.15, 0.2) is 24.3 Å². The molecule has 4 unspecified atom stereocenters. The first-order valence-electron chi connectivity index (χ1n) is 9.05. The predicted molar refractivity (Wildman–Crippen MR) is 98.2 cm³/mol. The number of carboxylic acid groups (broad SMARTS) is 2. The molecule has 9 heteroatoms. The van der Waals surface area contributed by atoms with Gasteiger partial charge in [0.05, 0.1) is 29.9 Å². The smallest absolute Gasteiger partial charge is 0.325 e. The van der Waals surface area contributed by atoms with E-state index in [1.807, 2.05) is 6.07 Å². The lowest BCUT2D eigenvalue weighted by Crippen LogP contribution is -2.58. The molecule has 2 heterocycles. The largest absolute Gasteiger partial charge is 0.481 e. The summed E-state index contributed by atoms with van der Waals surface area (Å²) in [7, 11) is 0. The molecule has 2 fully saturated rings. The van der Waals surface area contributed by atoms with Gasteiger partial charge >= 0.3 is 11.9 Å². The molecule has 0 aromatic heterocycles. The van der Waals surface area contributed by atoms with Gasteiger partial charge in [-0.1, -0.05) is 12.1 Å². The number of hydrogen-bond donors (Lipinski definition) is 3. The lowest BCUT2D eigenvalue weighted by atomic mass is 9.77. The summed E-state index contributed by atoms with van der Waals surface area (Å²) in [5.74, 6) is -6.55. The number of nitrogens with zero attached hydrogens (tertiary/aromatic N) is 2. The summed E-state index contributed by atoms with van der Waals surface area (Å²) in [4.78, 5) is 51.2. The first-order valence-corrected chi connectivity index (χ1v) is 9.05. The molecule has 0 aliphatic carbocycles. The van der Waals surface area contributed by atoms with Crippen LogP contribution >= 0.6 is 0 Å². The number of fused-ring (bicyclic) bond motifs is 1. The summed E-state index contributed by atoms with van der Waals surface area (Å²) in [5, 5.41) is 31.1. The molecule has 0 radical (unpaired) electrons. The average Bonchev–Trinajstić information content (AvgIpc) is 3.09. The van der Waals surface area contributed by atoms with Gasteiger partial charge in [0.15, 0.2) is 0 Å². The van der Waals surface area contributed by atoms with Crippen LogP contribution in [0.3, 0.4) is 0 Å². The number of likely N-dealkylation sites (tertiary alicyclic amines) is 1. The molecule has 2 amide bonds. The summed E-state index contributed by atoms with van der Waals surface area (Å²) < 4.78 is 0. The minimum atomic E-state index is -2.12. The minimum absolute atomic E-state index is 0.378. The maximum Gasteiger partial charge on any atom is 0.325 e. The van der Waals surface area contributed by atoms with Gasteiger partial charge in [-0.25, -0.2) is 0 Å². The van der Waals surface area contributed by atoms with Crippen LogP contribution in [0, 0.1) is 23.2 Å². The van der Waals surface area contributed by atoms with Crippen molar-refractivity contribution < 1.29 is 29.4 Å². The Labute approximate surface area is 166 Å². The van der Waals surface area contributed by atoms with Crippen molar-refractivity contribution in [1.82, 2.24) is 10.2 Å². The number of aliphatic carboxylic acids is 2. The summed E-state index contributed by atoms with van der Waals surface area (Å²) in [6, 6.07) is 7.28. The van der Waals surface area contributed by atoms with Gasteiger partial charge in [0, 0.05) is 11.6 Å². The molecular formula is C20H21N3O6. The quantitative estimate of drug-likeness (QED) is 0.633. The minimum Gasteiger partial charge on any atom is -0.481 e. The number of hydrogen-bond acceptors (Lipinski definition) is 6. The Hall–Kier alpha value is -3.25. The number of nitriles is 1. The van der Waals surface area contributed by atoms with Crippen molar-refractivity contribution >= 4 is 23.8 Å². The third-order valence-corrected chi connectivity index (χ3v) is 5.54. The van der Waals surface area contributed by atoms with Crippen LogP contribution < -0.4 is 5.32 Å². The Kier molecular flexibility index (Phi) is 4.71. The Morgan fingerprint density at radius 1 is 1.17 bits per heavy atom. The molecule has 4 atom stereocenters. The molecule has 9 nitrogen and oxygen atoms in total. The summed E-state index contributed by atoms with van der Waals surface area (Å²) in [5.41, 5.74) is -2.13. The molecule has 0 bridgehead atoms. The molecular weight excluding hydrogens is 378 g/mol. The number of carbonyl (C=O) groups excluding carboxylic acids is 2. The van der Waals surface area contributed by atoms with Gasteiger partial charge < -0.3 is 10.2 Å². The molecule has 0 spiro atoms. The van der Waals surface area contributed by atoms with Gasteiger partial charge in [-0.3, -0.25) is 29.4 Å². The first kappa shape index (κ1) is 20.5. The first-order chi connectivity index (χ1) is 13.4. The van der Waals surface area contributed by atoms with E-state index in [1.165, 1.54) is 12.1 Å². The van der Waals surface area contributed by atoms with Crippen molar-refractivity contribution in [2.24, 2.45) is 11.8 Å². The van der Waals surface area contributed by atoms with Gasteiger partial charge in [0.2, 0.25) is 11.8 Å². The molecule has 152 valence electrons. The highest BCUT2D eigenvalue weighted by Crippen LogP contribution is 2.51. The van der Waals surface area contributed by atoms with E-state index in [9.17, 15) is 29.4 Å². The number of amides is 2. The zero-order valence-electron chi connectivity index (χ0n) is 16.2. The monoisotopic (exact) mass is 399 g/mol. The Bertz CT molecular complexity index is 942. The third-order valence-electron chi connectivity index (χ3n) is 5.54. The number of nitrogens with one attached hydrogen (secondary N) is 1. The van der Waals surface area contributed by atoms with E-state index in [4.69, 9.17) is 5.26 Å². The van der Waals surface area contributed by atoms with E-state index in [1.54, 1.807) is 32.9 Å². The van der Waals surface area contributed by atoms with Gasteiger partial charge in [0.1, 0.15) is 5.54 Å². The van der Waals surface area contributed by atoms with Crippen molar-refractivity contribution in [2.45, 2.75) is 44.3 Å². The summed E-state index contributed by atoms with van der Waals surface area (Å²) >= 11 is 0. The van der Waals surface area contributed by atoms with E-state index >= 15 is 0 Å². The molecule has 2 aliphatic heterocycles. The van der Waals surface area contributed by atoms with Crippen LogP contribution in [0.5, 0.6) is 0 Å². The fraction of sp³-hybridized carbons (Fsp3) is 0.450. The molecule has 2 aliphatic rings. The van der Waals surface area contributed by atoms with E-state index in [-0.39, 0.29) is 0 Å². The fourth-order valence-corrected chi connectivity index (χ4v) is 4.39. The van der Waals surface area contributed by atoms with E-state index < -0.39 is 59.1 Å². The van der Waals surface area contributed by atoms with Crippen molar-refractivity contribution in [2.75, 3.05) is 0 Å². The van der Waals surface area contributed by atoms with Crippen LogP contribution in [0.2, 0.25) is 0 Å². The second kappa shape index (κ2) is 6.67. The maximum atomic E-state index is 13.2. The van der Waals surface area contributed by atoms with E-state index in [2.05, 4.69) is 5.32 Å². The highest BCUT2D eigenvalue weighted by Gasteiger charge is 2.70. The maximum absolute atomic E-state index is 13.2. The molecule has 2 saturated heterocycles. The SMILES string of the molecule is CC(C)(C)N1C(=O)C2C(c3ccc(C#N)cc3)NC(CC(=O)O)(C(=O)O)C2C1=O. The highest BCUT2D eigenvalue weighted by atomic mass is 16.4. The molecule has 3 N–H and O–H groups in total. The summed E-state index contributed by atoms with van der Waals surface area (Å²) in [6.07, 6.45) is -0.854. The second-order valence-corrected chi connectivity index (χ2v) is 8.39. The van der Waals surface area contributed by atoms with Crippen LogP contribution in [0.1, 0.15) is 44.4 Å². The van der Waals surface area contributed by atoms with Gasteiger partial charge in [-0.05, 0) is 38.5 Å². The zero-order valence-corrected chi connectivity index (χ0v) is 16.2. The predicted octanol–water partition coefficient (Wildman–Crippen LogP) is 0.900. The lowest BCUT2D eigenvalue weighted by Gasteiger charge is -2.34. The van der Waals surface area contributed by atoms with E-state index in [0.717, 1.165) is 4.90 Å². The van der Waals surface area contributed by atoms with E-state index in [0.29, 0.717) is 11.1 Å². The summed E-state index contributed by atoms with van der Waals surface area (Å²) in [6.45, 7) is 4.98. The molecule has 1 aromatic carbocycles. The van der Waals surface area contributed by atoms with Crippen molar-refractivity contribution in [3.05, 3.63) is 35.4 Å². The van der Waals surface area contributed by atoms with Gasteiger partial charge in [-0.15, -0.1) is 0 Å². The Morgan fingerprint density at radius 3 is 2.21 bits per heavy atom. The molecule has 1 aromatic rings. The Morgan fingerprint density at radius 2 is 1.76 bits per heavy atom. The van der Waals surface area contributed by atoms with Gasteiger partial charge in [-0.2, -0.15) is 5.26 Å². The number of rotatable bonds is 4. The zero-order chi connectivity index (χ0) is 21.7. The molecule has 0 saturated carbocycles. The van der Waals surface area contributed by atoms with Crippen LogP contribution in [0.4, 0.5) is 0 Å². The van der Waals surface area contributed by atoms with Crippen molar-refractivity contribution in [1.29, 1.82) is 5.26 Å². The van der Waals surface area contributed by atoms with Crippen LogP contribution in [-0.2, 0) is 19.2 Å². The lowest BCUT2D eigenvalue weighted by molar-refractivity contribution is -0.157. The van der Waals surface area contributed by atoms with Crippen molar-refractivity contribution in [3.63, 3.8) is 0 Å². The number of benzene rings is 1. The second-order valence-electron chi connectivity index (χ2n) is 8.39. The fourth-order valence-electron chi connectivity index (χ4n) is 4.39. The number of carboxylic acids is 2. The topological polar surface area (TPSA) is 148 Å². The van der Waals surface area contributed by atoms with Crippen LogP contribution in [0.25, 0.3) is 0 Å². The Balaban J connectivity index is 2.18. The molecule has 29 heavy (non-hydrogen) atoms. The average molecular weight is 399 g/mol.